The van der Waals surface area contributed by atoms with Crippen molar-refractivity contribution >= 4 is 0 Å². The molecular weight excluding hydrogens is 219 g/mol. The lowest BCUT2D eigenvalue weighted by Crippen LogP contribution is -2.44. The Hall–Kier alpha value is -1.13. The number of nitrogens with zero attached hydrogens (tertiary/aromatic N) is 1. The van der Waals surface area contributed by atoms with Gasteiger partial charge < -0.3 is 10.1 Å². The minimum atomic E-state index is -0.302. The zero-order valence-corrected chi connectivity index (χ0v) is 10.4. The molecule has 1 heterocycles. The molecule has 1 unspecified atom stereocenters. The Balaban J connectivity index is 2.15. The minimum Gasteiger partial charge on any atom is -0.494 e. The maximum Gasteiger partial charge on any atom is 0.165 e. The van der Waals surface area contributed by atoms with Crippen molar-refractivity contribution < 1.29 is 9.13 Å². The van der Waals surface area contributed by atoms with Crippen LogP contribution in [0.1, 0.15) is 18.5 Å². The van der Waals surface area contributed by atoms with E-state index in [0.29, 0.717) is 11.8 Å². The number of hydrogen-bond donors (Lipinski definition) is 1. The third-order valence-electron chi connectivity index (χ3n) is 3.36. The first kappa shape index (κ1) is 12.3. The zero-order chi connectivity index (χ0) is 12.3. The van der Waals surface area contributed by atoms with E-state index >= 15 is 0 Å². The van der Waals surface area contributed by atoms with E-state index in [2.05, 4.69) is 17.1 Å². The number of rotatable bonds is 3. The third-order valence-corrected chi connectivity index (χ3v) is 3.36. The van der Waals surface area contributed by atoms with E-state index in [4.69, 9.17) is 4.74 Å². The van der Waals surface area contributed by atoms with Crippen LogP contribution in [0.4, 0.5) is 4.39 Å². The van der Waals surface area contributed by atoms with Crippen molar-refractivity contribution in [1.29, 1.82) is 0 Å². The molecule has 4 heteroatoms. The summed E-state index contributed by atoms with van der Waals surface area (Å²) in [6.45, 7) is 6.24. The number of ether oxygens (including phenoxy) is 1. The number of halogens is 1. The maximum absolute atomic E-state index is 13.3. The lowest BCUT2D eigenvalue weighted by atomic mass is 10.1. The van der Waals surface area contributed by atoms with Gasteiger partial charge in [0.2, 0.25) is 0 Å². The molecular formula is C13H19FN2O. The summed E-state index contributed by atoms with van der Waals surface area (Å²) in [6.07, 6.45) is 0. The molecule has 0 bridgehead atoms. The van der Waals surface area contributed by atoms with Gasteiger partial charge in [-0.3, -0.25) is 4.90 Å². The van der Waals surface area contributed by atoms with E-state index in [1.807, 2.05) is 6.07 Å². The quantitative estimate of drug-likeness (QED) is 0.869. The number of benzene rings is 1. The van der Waals surface area contributed by atoms with Gasteiger partial charge in [0.1, 0.15) is 0 Å². The summed E-state index contributed by atoms with van der Waals surface area (Å²) in [5.74, 6) is 0.0215. The predicted molar refractivity (Wildman–Crippen MR) is 65.8 cm³/mol. The lowest BCUT2D eigenvalue weighted by molar-refractivity contribution is 0.185. The van der Waals surface area contributed by atoms with Gasteiger partial charge >= 0.3 is 0 Å². The fraction of sp³-hybridized carbons (Fsp3) is 0.538. The molecule has 1 saturated heterocycles. The average Bonchev–Trinajstić information content (AvgIpc) is 2.39. The number of hydrogen-bond acceptors (Lipinski definition) is 3. The van der Waals surface area contributed by atoms with Crippen LogP contribution in [0.5, 0.6) is 5.75 Å². The van der Waals surface area contributed by atoms with Crippen LogP contribution >= 0.6 is 0 Å². The van der Waals surface area contributed by atoms with E-state index in [1.165, 1.54) is 13.2 Å². The van der Waals surface area contributed by atoms with Crippen molar-refractivity contribution in [1.82, 2.24) is 10.2 Å². The van der Waals surface area contributed by atoms with Crippen LogP contribution in [0.2, 0.25) is 0 Å². The highest BCUT2D eigenvalue weighted by atomic mass is 19.1. The van der Waals surface area contributed by atoms with Crippen LogP contribution < -0.4 is 10.1 Å². The van der Waals surface area contributed by atoms with Gasteiger partial charge in [-0.25, -0.2) is 4.39 Å². The maximum atomic E-state index is 13.3. The number of piperazine rings is 1. The molecule has 1 atom stereocenters. The summed E-state index contributed by atoms with van der Waals surface area (Å²) in [6, 6.07) is 5.41. The Morgan fingerprint density at radius 1 is 1.35 bits per heavy atom. The summed E-state index contributed by atoms with van der Waals surface area (Å²) in [4.78, 5) is 2.39. The topological polar surface area (TPSA) is 24.5 Å². The Bertz CT molecular complexity index is 378. The molecule has 1 aromatic rings. The molecule has 1 fully saturated rings. The molecule has 1 aliphatic rings. The molecule has 0 amide bonds. The van der Waals surface area contributed by atoms with Gasteiger partial charge in [-0.2, -0.15) is 0 Å². The summed E-state index contributed by atoms with van der Waals surface area (Å²) in [7, 11) is 1.50. The molecule has 2 rings (SSSR count). The molecule has 17 heavy (non-hydrogen) atoms. The smallest absolute Gasteiger partial charge is 0.165 e. The SMILES string of the molecule is COc1cc(C(C)N2CCNCC2)ccc1F. The van der Waals surface area contributed by atoms with Crippen LogP contribution in [-0.4, -0.2) is 38.2 Å². The lowest BCUT2D eigenvalue weighted by Gasteiger charge is -2.33. The van der Waals surface area contributed by atoms with E-state index in [1.54, 1.807) is 6.07 Å². The van der Waals surface area contributed by atoms with Crippen molar-refractivity contribution in [2.24, 2.45) is 0 Å². The summed E-state index contributed by atoms with van der Waals surface area (Å²) in [5, 5.41) is 3.33. The van der Waals surface area contributed by atoms with Gasteiger partial charge in [-0.05, 0) is 24.6 Å². The first-order valence-corrected chi connectivity index (χ1v) is 6.00. The van der Waals surface area contributed by atoms with Gasteiger partial charge in [0.05, 0.1) is 7.11 Å². The average molecular weight is 238 g/mol. The minimum absolute atomic E-state index is 0.298. The fourth-order valence-electron chi connectivity index (χ4n) is 2.22. The first-order chi connectivity index (χ1) is 8.22. The molecule has 0 aliphatic carbocycles. The largest absolute Gasteiger partial charge is 0.494 e. The Kier molecular flexibility index (Phi) is 3.97. The monoisotopic (exact) mass is 238 g/mol. The van der Waals surface area contributed by atoms with Gasteiger partial charge in [0.15, 0.2) is 11.6 Å². The molecule has 0 aromatic heterocycles. The molecule has 0 saturated carbocycles. The molecule has 1 aromatic carbocycles. The fourth-order valence-corrected chi connectivity index (χ4v) is 2.22. The van der Waals surface area contributed by atoms with Gasteiger partial charge in [-0.1, -0.05) is 6.07 Å². The van der Waals surface area contributed by atoms with Crippen molar-refractivity contribution in [2.75, 3.05) is 33.3 Å². The highest BCUT2D eigenvalue weighted by Crippen LogP contribution is 2.26. The zero-order valence-electron chi connectivity index (χ0n) is 10.4. The van der Waals surface area contributed by atoms with Gasteiger partial charge in [0.25, 0.3) is 0 Å². The summed E-state index contributed by atoms with van der Waals surface area (Å²) < 4.78 is 18.3. The van der Waals surface area contributed by atoms with Crippen LogP contribution in [0.25, 0.3) is 0 Å². The van der Waals surface area contributed by atoms with Crippen molar-refractivity contribution in [3.63, 3.8) is 0 Å². The van der Waals surface area contributed by atoms with E-state index in [-0.39, 0.29) is 5.82 Å². The van der Waals surface area contributed by atoms with Crippen molar-refractivity contribution in [3.05, 3.63) is 29.6 Å². The molecule has 1 N–H and O–H groups in total. The van der Waals surface area contributed by atoms with Crippen LogP contribution in [-0.2, 0) is 0 Å². The molecule has 0 radical (unpaired) electrons. The van der Waals surface area contributed by atoms with Gasteiger partial charge in [-0.15, -0.1) is 0 Å². The molecule has 1 aliphatic heterocycles. The summed E-state index contributed by atoms with van der Waals surface area (Å²) in [5.41, 5.74) is 1.10. The third kappa shape index (κ3) is 2.76. The first-order valence-electron chi connectivity index (χ1n) is 6.00. The van der Waals surface area contributed by atoms with Crippen molar-refractivity contribution in [3.8, 4) is 5.75 Å². The second-order valence-electron chi connectivity index (χ2n) is 4.36. The standard InChI is InChI=1S/C13H19FN2O/c1-10(16-7-5-15-6-8-16)11-3-4-12(14)13(9-11)17-2/h3-4,9-10,15H,5-8H2,1-2H3. The summed E-state index contributed by atoms with van der Waals surface area (Å²) >= 11 is 0. The van der Waals surface area contributed by atoms with Crippen molar-refractivity contribution in [2.45, 2.75) is 13.0 Å². The molecule has 3 nitrogen and oxygen atoms in total. The van der Waals surface area contributed by atoms with Crippen LogP contribution in [0, 0.1) is 5.82 Å². The normalized spacial score (nSPS) is 19.0. The van der Waals surface area contributed by atoms with Crippen LogP contribution in [0.3, 0.4) is 0 Å². The number of nitrogens with one attached hydrogen (secondary N) is 1. The number of methoxy groups -OCH3 is 1. The second kappa shape index (κ2) is 5.47. The molecule has 94 valence electrons. The van der Waals surface area contributed by atoms with Crippen LogP contribution in [0.15, 0.2) is 18.2 Å². The van der Waals surface area contributed by atoms with E-state index < -0.39 is 0 Å². The highest BCUT2D eigenvalue weighted by molar-refractivity contribution is 5.32. The molecule has 0 spiro atoms. The highest BCUT2D eigenvalue weighted by Gasteiger charge is 2.18. The van der Waals surface area contributed by atoms with E-state index in [0.717, 1.165) is 31.7 Å². The Labute approximate surface area is 102 Å². The van der Waals surface area contributed by atoms with E-state index in [9.17, 15) is 4.39 Å². The predicted octanol–water partition coefficient (Wildman–Crippen LogP) is 1.80. The van der Waals surface area contributed by atoms with Gasteiger partial charge in [0, 0.05) is 32.2 Å². The Morgan fingerprint density at radius 2 is 2.06 bits per heavy atom. The second-order valence-corrected chi connectivity index (χ2v) is 4.36. The Morgan fingerprint density at radius 3 is 2.71 bits per heavy atom.